The van der Waals surface area contributed by atoms with Crippen LogP contribution >= 0.6 is 0 Å². The van der Waals surface area contributed by atoms with E-state index in [1.165, 1.54) is 16.7 Å². The van der Waals surface area contributed by atoms with Gasteiger partial charge in [-0.3, -0.25) is 0 Å². The fourth-order valence-electron chi connectivity index (χ4n) is 1.16. The summed E-state index contributed by atoms with van der Waals surface area (Å²) in [4.78, 5) is 0. The molecule has 0 aliphatic rings. The largest absolute Gasteiger partial charge is 0.0613 e. The molecule has 0 aromatic heterocycles. The van der Waals surface area contributed by atoms with Crippen molar-refractivity contribution in [3.8, 4) is 0 Å². The van der Waals surface area contributed by atoms with Crippen molar-refractivity contribution in [2.75, 3.05) is 0 Å². The van der Waals surface area contributed by atoms with E-state index in [-0.39, 0.29) is 0 Å². The van der Waals surface area contributed by atoms with Gasteiger partial charge in [0.15, 0.2) is 0 Å². The molecule has 0 aliphatic heterocycles. The number of hydrogen-bond acceptors (Lipinski definition) is 0. The molecule has 0 spiro atoms. The Bertz CT molecular complexity index is 236. The van der Waals surface area contributed by atoms with Crippen molar-refractivity contribution in [1.82, 2.24) is 0 Å². The summed E-state index contributed by atoms with van der Waals surface area (Å²) >= 11 is 0. The first-order valence-electron chi connectivity index (χ1n) is 4.20. The summed E-state index contributed by atoms with van der Waals surface area (Å²) in [5.74, 6) is 0. The predicted molar refractivity (Wildman–Crippen MR) is 47.6 cm³/mol. The molecule has 1 rings (SSSR count). The van der Waals surface area contributed by atoms with Crippen LogP contribution in [0.4, 0.5) is 0 Å². The maximum atomic E-state index is 3.36. The van der Waals surface area contributed by atoms with Crippen molar-refractivity contribution in [2.24, 2.45) is 0 Å². The first-order valence-corrected chi connectivity index (χ1v) is 4.20. The summed E-state index contributed by atoms with van der Waals surface area (Å²) in [5, 5.41) is 0. The second-order valence-electron chi connectivity index (χ2n) is 2.76. The van der Waals surface area contributed by atoms with E-state index >= 15 is 0 Å². The number of benzene rings is 1. The van der Waals surface area contributed by atoms with E-state index in [4.69, 9.17) is 0 Å². The average Bonchev–Trinajstić information content (AvgIpc) is 2.05. The Labute approximate surface area is 69.3 Å². The zero-order valence-electron chi connectivity index (χ0n) is 7.49. The summed E-state index contributed by atoms with van der Waals surface area (Å²) < 4.78 is 0. The van der Waals surface area contributed by atoms with Gasteiger partial charge in [-0.25, -0.2) is 0 Å². The van der Waals surface area contributed by atoms with Gasteiger partial charge >= 0.3 is 0 Å². The Kier molecular flexibility index (Phi) is 2.70. The van der Waals surface area contributed by atoms with Gasteiger partial charge in [0.2, 0.25) is 0 Å². The Morgan fingerprint density at radius 1 is 1.27 bits per heavy atom. The fourth-order valence-corrected chi connectivity index (χ4v) is 1.16. The minimum atomic E-state index is 1.03. The standard InChI is InChI=1S/C11H14/c1-4-10-7-6-9(3)11(5-2)8-10/h6H,4-5H2,1-3H3. The van der Waals surface area contributed by atoms with Crippen LogP contribution in [0.1, 0.15) is 30.5 Å². The van der Waals surface area contributed by atoms with Gasteiger partial charge in [0.05, 0.1) is 0 Å². The summed E-state index contributed by atoms with van der Waals surface area (Å²) in [5.41, 5.74) is 3.85. The molecule has 0 amide bonds. The molecule has 0 aliphatic carbocycles. The van der Waals surface area contributed by atoms with Crippen LogP contribution in [0.3, 0.4) is 0 Å². The predicted octanol–water partition coefficient (Wildman–Crippen LogP) is 2.72. The molecule has 0 nitrogen and oxygen atoms in total. The number of rotatable bonds is 2. The monoisotopic (exact) mass is 146 g/mol. The van der Waals surface area contributed by atoms with Crippen LogP contribution < -0.4 is 0 Å². The minimum absolute atomic E-state index is 1.03. The highest BCUT2D eigenvalue weighted by atomic mass is 14.0. The topological polar surface area (TPSA) is 0 Å². The van der Waals surface area contributed by atoms with Crippen LogP contribution in [-0.4, -0.2) is 0 Å². The summed E-state index contributed by atoms with van der Waals surface area (Å²) in [6, 6.07) is 8.63. The third kappa shape index (κ3) is 1.83. The van der Waals surface area contributed by atoms with Crippen molar-refractivity contribution in [3.05, 3.63) is 34.9 Å². The molecule has 0 fully saturated rings. The maximum Gasteiger partial charge on any atom is -0.0105 e. The first kappa shape index (κ1) is 8.32. The van der Waals surface area contributed by atoms with E-state index in [2.05, 4.69) is 39.0 Å². The molecule has 1 aromatic carbocycles. The molecule has 0 heterocycles. The van der Waals surface area contributed by atoms with Crippen LogP contribution in [0.25, 0.3) is 0 Å². The third-order valence-corrected chi connectivity index (χ3v) is 1.95. The highest BCUT2D eigenvalue weighted by Crippen LogP contribution is 2.10. The second kappa shape index (κ2) is 3.56. The van der Waals surface area contributed by atoms with Gasteiger partial charge in [-0.2, -0.15) is 0 Å². The van der Waals surface area contributed by atoms with E-state index in [9.17, 15) is 0 Å². The molecule has 0 atom stereocenters. The minimum Gasteiger partial charge on any atom is -0.0613 e. The maximum absolute atomic E-state index is 3.36. The van der Waals surface area contributed by atoms with E-state index in [1.807, 2.05) is 0 Å². The summed E-state index contributed by atoms with van der Waals surface area (Å²) in [6.45, 7) is 6.42. The quantitative estimate of drug-likeness (QED) is 0.601. The van der Waals surface area contributed by atoms with Crippen molar-refractivity contribution in [3.63, 3.8) is 0 Å². The molecular formula is C11H14. The van der Waals surface area contributed by atoms with Gasteiger partial charge in [0.1, 0.15) is 0 Å². The Morgan fingerprint density at radius 3 is 2.55 bits per heavy atom. The average molecular weight is 146 g/mol. The lowest BCUT2D eigenvalue weighted by Gasteiger charge is -2.03. The van der Waals surface area contributed by atoms with Gasteiger partial charge in [-0.05, 0) is 48.6 Å². The second-order valence-corrected chi connectivity index (χ2v) is 2.76. The molecule has 0 heteroatoms. The van der Waals surface area contributed by atoms with Gasteiger partial charge in [0.25, 0.3) is 0 Å². The molecule has 0 unspecified atom stereocenters. The highest BCUT2D eigenvalue weighted by molar-refractivity contribution is 5.28. The van der Waals surface area contributed by atoms with Crippen LogP contribution in [0.2, 0.25) is 0 Å². The van der Waals surface area contributed by atoms with Crippen molar-refractivity contribution in [2.45, 2.75) is 33.6 Å². The fraction of sp³-hybridized carbons (Fsp3) is 0.455. The smallest absolute Gasteiger partial charge is 0.0105 e. The highest BCUT2D eigenvalue weighted by Gasteiger charge is 1.97. The molecule has 1 aromatic rings. The van der Waals surface area contributed by atoms with Crippen molar-refractivity contribution >= 4 is 0 Å². The van der Waals surface area contributed by atoms with E-state index < -0.39 is 0 Å². The lowest BCUT2D eigenvalue weighted by Crippen LogP contribution is -1.90. The van der Waals surface area contributed by atoms with Crippen LogP contribution in [0.15, 0.2) is 6.07 Å². The van der Waals surface area contributed by atoms with Gasteiger partial charge in [-0.15, -0.1) is 0 Å². The first-order chi connectivity index (χ1) is 5.27. The number of hydrogen-bond donors (Lipinski definition) is 0. The molecule has 58 valence electrons. The molecular weight excluding hydrogens is 132 g/mol. The van der Waals surface area contributed by atoms with Crippen LogP contribution in [0.5, 0.6) is 0 Å². The van der Waals surface area contributed by atoms with Crippen molar-refractivity contribution < 1.29 is 0 Å². The lowest BCUT2D eigenvalue weighted by molar-refractivity contribution is 1.06. The zero-order chi connectivity index (χ0) is 8.27. The van der Waals surface area contributed by atoms with E-state index in [0.29, 0.717) is 0 Å². The lowest BCUT2D eigenvalue weighted by atomic mass is 10.0. The normalized spacial score (nSPS) is 10.1. The molecule has 0 saturated carbocycles. The van der Waals surface area contributed by atoms with E-state index in [0.717, 1.165) is 12.8 Å². The number of aryl methyl sites for hydroxylation is 3. The van der Waals surface area contributed by atoms with E-state index in [1.54, 1.807) is 0 Å². The Balaban J connectivity index is 3.02. The molecule has 2 radical (unpaired) electrons. The van der Waals surface area contributed by atoms with Gasteiger partial charge in [-0.1, -0.05) is 19.9 Å². The summed E-state index contributed by atoms with van der Waals surface area (Å²) in [6.07, 6.45) is 2.11. The molecule has 0 N–H and O–H groups in total. The Hall–Kier alpha value is -0.780. The summed E-state index contributed by atoms with van der Waals surface area (Å²) in [7, 11) is 0. The van der Waals surface area contributed by atoms with Gasteiger partial charge in [0, 0.05) is 0 Å². The molecule has 0 bridgehead atoms. The SMILES string of the molecule is CCc1[c]cc(C)c(CC)[c]1. The molecule has 0 saturated heterocycles. The third-order valence-electron chi connectivity index (χ3n) is 1.95. The Morgan fingerprint density at radius 2 is 2.00 bits per heavy atom. The zero-order valence-corrected chi connectivity index (χ0v) is 7.49. The van der Waals surface area contributed by atoms with Crippen LogP contribution in [-0.2, 0) is 12.8 Å². The van der Waals surface area contributed by atoms with Crippen molar-refractivity contribution in [1.29, 1.82) is 0 Å². The van der Waals surface area contributed by atoms with Crippen LogP contribution in [0, 0.1) is 19.1 Å². The molecule has 11 heavy (non-hydrogen) atoms. The van der Waals surface area contributed by atoms with Gasteiger partial charge < -0.3 is 0 Å².